The molecule has 0 amide bonds. The summed E-state index contributed by atoms with van der Waals surface area (Å²) in [5.41, 5.74) is -0.208. The molecule has 1 fully saturated rings. The molecule has 1 aliphatic carbocycles. The molecule has 1 saturated carbocycles. The first-order valence-corrected chi connectivity index (χ1v) is 5.52. The van der Waals surface area contributed by atoms with Crippen LogP contribution in [0.15, 0.2) is 9.95 Å². The van der Waals surface area contributed by atoms with Crippen molar-refractivity contribution in [2.45, 2.75) is 35.8 Å². The van der Waals surface area contributed by atoms with E-state index in [0.29, 0.717) is 5.16 Å². The molecule has 6 heteroatoms. The highest BCUT2D eigenvalue weighted by molar-refractivity contribution is 7.99. The van der Waals surface area contributed by atoms with Crippen molar-refractivity contribution in [3.8, 4) is 0 Å². The van der Waals surface area contributed by atoms with Gasteiger partial charge in [0.05, 0.1) is 6.10 Å². The third-order valence-corrected chi connectivity index (χ3v) is 3.94. The summed E-state index contributed by atoms with van der Waals surface area (Å²) in [7, 11) is 1.68. The SMILES string of the molecule is Cn1c(S[C@@H]2CCC[C@H]2O)n[nH]c1=O. The standard InChI is InChI=1S/C8H13N3O2S/c1-11-7(13)9-10-8(11)14-6-4-2-3-5(6)12/h5-6,12H,2-4H2,1H3,(H,9,13)/t5-,6-/m1/s1. The highest BCUT2D eigenvalue weighted by Gasteiger charge is 2.27. The molecule has 2 rings (SSSR count). The largest absolute Gasteiger partial charge is 0.392 e. The summed E-state index contributed by atoms with van der Waals surface area (Å²) in [5, 5.41) is 16.7. The van der Waals surface area contributed by atoms with Gasteiger partial charge in [-0.1, -0.05) is 11.8 Å². The fourth-order valence-corrected chi connectivity index (χ4v) is 2.81. The van der Waals surface area contributed by atoms with E-state index in [-0.39, 0.29) is 17.0 Å². The normalized spacial score (nSPS) is 27.0. The number of thioether (sulfide) groups is 1. The van der Waals surface area contributed by atoms with Gasteiger partial charge in [-0.05, 0) is 19.3 Å². The summed E-state index contributed by atoms with van der Waals surface area (Å²) in [6, 6.07) is 0. The Labute approximate surface area is 85.5 Å². The first-order chi connectivity index (χ1) is 6.68. The first kappa shape index (κ1) is 9.79. The third-order valence-electron chi connectivity index (χ3n) is 2.51. The minimum absolute atomic E-state index is 0.184. The van der Waals surface area contributed by atoms with E-state index in [4.69, 9.17) is 0 Å². The molecule has 14 heavy (non-hydrogen) atoms. The van der Waals surface area contributed by atoms with Gasteiger partial charge in [0.1, 0.15) is 0 Å². The Morgan fingerprint density at radius 3 is 2.93 bits per heavy atom. The van der Waals surface area contributed by atoms with Crippen molar-refractivity contribution >= 4 is 11.8 Å². The van der Waals surface area contributed by atoms with Crippen molar-refractivity contribution < 1.29 is 5.11 Å². The lowest BCUT2D eigenvalue weighted by atomic mass is 10.3. The van der Waals surface area contributed by atoms with Crippen molar-refractivity contribution in [3.05, 3.63) is 10.5 Å². The van der Waals surface area contributed by atoms with Gasteiger partial charge in [-0.3, -0.25) is 4.57 Å². The zero-order chi connectivity index (χ0) is 10.1. The minimum atomic E-state index is -0.258. The van der Waals surface area contributed by atoms with Gasteiger partial charge in [-0.2, -0.15) is 0 Å². The number of aromatic nitrogens is 3. The second-order valence-electron chi connectivity index (χ2n) is 3.52. The lowest BCUT2D eigenvalue weighted by Gasteiger charge is -2.11. The van der Waals surface area contributed by atoms with E-state index in [1.165, 1.54) is 16.3 Å². The summed E-state index contributed by atoms with van der Waals surface area (Å²) in [6.07, 6.45) is 2.65. The average molecular weight is 215 g/mol. The van der Waals surface area contributed by atoms with Crippen molar-refractivity contribution in [1.82, 2.24) is 14.8 Å². The number of aliphatic hydroxyl groups excluding tert-OH is 1. The molecule has 0 saturated heterocycles. The molecule has 0 spiro atoms. The van der Waals surface area contributed by atoms with Gasteiger partial charge in [-0.15, -0.1) is 5.10 Å². The van der Waals surface area contributed by atoms with E-state index >= 15 is 0 Å². The number of hydrogen-bond acceptors (Lipinski definition) is 4. The van der Waals surface area contributed by atoms with Crippen LogP contribution in [-0.4, -0.2) is 31.2 Å². The molecule has 1 heterocycles. The first-order valence-electron chi connectivity index (χ1n) is 4.64. The molecule has 1 aromatic rings. The van der Waals surface area contributed by atoms with Gasteiger partial charge in [0.15, 0.2) is 5.16 Å². The quantitative estimate of drug-likeness (QED) is 0.734. The van der Waals surface area contributed by atoms with Crippen molar-refractivity contribution in [2.24, 2.45) is 7.05 Å². The topological polar surface area (TPSA) is 70.9 Å². The van der Waals surface area contributed by atoms with Gasteiger partial charge in [0.2, 0.25) is 0 Å². The van der Waals surface area contributed by atoms with Crippen LogP contribution < -0.4 is 5.69 Å². The van der Waals surface area contributed by atoms with Crippen LogP contribution in [0.3, 0.4) is 0 Å². The number of aromatic amines is 1. The number of nitrogens with zero attached hydrogens (tertiary/aromatic N) is 2. The van der Waals surface area contributed by atoms with Gasteiger partial charge in [-0.25, -0.2) is 9.89 Å². The van der Waals surface area contributed by atoms with Crippen LogP contribution in [-0.2, 0) is 7.05 Å². The highest BCUT2D eigenvalue weighted by atomic mass is 32.2. The lowest BCUT2D eigenvalue weighted by Crippen LogP contribution is -2.17. The second-order valence-corrected chi connectivity index (χ2v) is 4.73. The van der Waals surface area contributed by atoms with Crippen LogP contribution in [0.5, 0.6) is 0 Å². The summed E-state index contributed by atoms with van der Waals surface area (Å²) in [5.74, 6) is 0. The average Bonchev–Trinajstić information content (AvgIpc) is 2.68. The number of hydrogen-bond donors (Lipinski definition) is 2. The summed E-state index contributed by atoms with van der Waals surface area (Å²) < 4.78 is 1.47. The van der Waals surface area contributed by atoms with Crippen LogP contribution in [0.25, 0.3) is 0 Å². The number of nitrogens with one attached hydrogen (secondary N) is 1. The number of aliphatic hydroxyl groups is 1. The zero-order valence-corrected chi connectivity index (χ0v) is 8.75. The summed E-state index contributed by atoms with van der Waals surface area (Å²) in [6.45, 7) is 0. The predicted molar refractivity (Wildman–Crippen MR) is 53.3 cm³/mol. The van der Waals surface area contributed by atoms with Crippen molar-refractivity contribution in [2.75, 3.05) is 0 Å². The minimum Gasteiger partial charge on any atom is -0.392 e. The van der Waals surface area contributed by atoms with Crippen molar-refractivity contribution in [3.63, 3.8) is 0 Å². The van der Waals surface area contributed by atoms with Crippen LogP contribution >= 0.6 is 11.8 Å². The Morgan fingerprint density at radius 2 is 2.43 bits per heavy atom. The Kier molecular flexibility index (Phi) is 2.64. The lowest BCUT2D eigenvalue weighted by molar-refractivity contribution is 0.188. The molecule has 1 aliphatic rings. The molecule has 0 unspecified atom stereocenters. The monoisotopic (exact) mass is 215 g/mol. The van der Waals surface area contributed by atoms with Gasteiger partial charge in [0.25, 0.3) is 0 Å². The Hall–Kier alpha value is -0.750. The van der Waals surface area contributed by atoms with Gasteiger partial charge >= 0.3 is 5.69 Å². The smallest absolute Gasteiger partial charge is 0.343 e. The van der Waals surface area contributed by atoms with E-state index in [9.17, 15) is 9.90 Å². The zero-order valence-electron chi connectivity index (χ0n) is 7.93. The maximum atomic E-state index is 11.1. The molecule has 2 N–H and O–H groups in total. The molecule has 0 aliphatic heterocycles. The second kappa shape index (κ2) is 3.78. The van der Waals surface area contributed by atoms with E-state index < -0.39 is 0 Å². The predicted octanol–water partition coefficient (Wildman–Crippen LogP) is 0.114. The van der Waals surface area contributed by atoms with Crippen LogP contribution in [0.4, 0.5) is 0 Å². The van der Waals surface area contributed by atoms with Gasteiger partial charge in [0, 0.05) is 12.3 Å². The molecule has 0 aromatic carbocycles. The Morgan fingerprint density at radius 1 is 1.64 bits per heavy atom. The third kappa shape index (κ3) is 1.72. The van der Waals surface area contributed by atoms with E-state index in [0.717, 1.165) is 19.3 Å². The maximum Gasteiger partial charge on any atom is 0.343 e. The Bertz CT molecular complexity index is 373. The van der Waals surface area contributed by atoms with Crippen LogP contribution in [0.2, 0.25) is 0 Å². The highest BCUT2D eigenvalue weighted by Crippen LogP contribution is 2.33. The molecular formula is C8H13N3O2S. The van der Waals surface area contributed by atoms with E-state index in [1.807, 2.05) is 0 Å². The number of H-pyrrole nitrogens is 1. The van der Waals surface area contributed by atoms with Crippen LogP contribution in [0, 0.1) is 0 Å². The summed E-state index contributed by atoms with van der Waals surface area (Å²) in [4.78, 5) is 11.1. The molecule has 5 nitrogen and oxygen atoms in total. The Balaban J connectivity index is 2.10. The maximum absolute atomic E-state index is 11.1. The number of rotatable bonds is 2. The molecule has 0 radical (unpaired) electrons. The van der Waals surface area contributed by atoms with Gasteiger partial charge < -0.3 is 5.11 Å². The fraction of sp³-hybridized carbons (Fsp3) is 0.750. The van der Waals surface area contributed by atoms with E-state index in [2.05, 4.69) is 10.2 Å². The van der Waals surface area contributed by atoms with Crippen molar-refractivity contribution in [1.29, 1.82) is 0 Å². The van der Waals surface area contributed by atoms with E-state index in [1.54, 1.807) is 7.05 Å². The van der Waals surface area contributed by atoms with Crippen LogP contribution in [0.1, 0.15) is 19.3 Å². The molecule has 2 atom stereocenters. The molecule has 0 bridgehead atoms. The molecular weight excluding hydrogens is 202 g/mol. The fourth-order valence-electron chi connectivity index (χ4n) is 1.62. The molecule has 1 aromatic heterocycles. The summed E-state index contributed by atoms with van der Waals surface area (Å²) >= 11 is 1.48. The molecule has 78 valence electrons.